The van der Waals surface area contributed by atoms with Crippen molar-refractivity contribution in [3.63, 3.8) is 0 Å². The average Bonchev–Trinajstić information content (AvgIpc) is 3.25. The highest BCUT2D eigenvalue weighted by Crippen LogP contribution is 2.30. The second-order valence-corrected chi connectivity index (χ2v) is 8.20. The maximum absolute atomic E-state index is 13.0. The van der Waals surface area contributed by atoms with Gasteiger partial charge in [-0.2, -0.15) is 0 Å². The van der Waals surface area contributed by atoms with Crippen molar-refractivity contribution in [2.75, 3.05) is 32.8 Å². The molecule has 2 atom stereocenters. The fourth-order valence-electron chi connectivity index (χ4n) is 3.37. The van der Waals surface area contributed by atoms with Gasteiger partial charge >= 0.3 is 18.2 Å². The van der Waals surface area contributed by atoms with Crippen LogP contribution in [0.4, 0.5) is 9.59 Å². The Balaban J connectivity index is 2.04. The standard InChI is InChI=1S/C20H30N2O7/c1-14(23)27-11-6-5-7-16(17(24)22-10-12-28-19(22)26)15-8-9-21(13-15)18(25)29-20(2,3)4/h5-6,15-16H,7-13H2,1-4H3/b6-5+. The number of imide groups is 1. The molecule has 29 heavy (non-hydrogen) atoms. The number of carbonyl (C=O) groups is 4. The summed E-state index contributed by atoms with van der Waals surface area (Å²) in [6.07, 6.45) is 3.41. The van der Waals surface area contributed by atoms with E-state index in [1.54, 1.807) is 37.8 Å². The molecule has 2 heterocycles. The van der Waals surface area contributed by atoms with Gasteiger partial charge in [0.2, 0.25) is 5.91 Å². The number of nitrogens with zero attached hydrogens (tertiary/aromatic N) is 2. The molecule has 162 valence electrons. The first-order valence-electron chi connectivity index (χ1n) is 9.83. The number of amides is 3. The van der Waals surface area contributed by atoms with Crippen LogP contribution in [-0.4, -0.2) is 72.3 Å². The Morgan fingerprint density at radius 3 is 2.55 bits per heavy atom. The van der Waals surface area contributed by atoms with E-state index in [9.17, 15) is 19.2 Å². The molecular formula is C20H30N2O7. The van der Waals surface area contributed by atoms with Crippen LogP contribution in [0.25, 0.3) is 0 Å². The molecule has 0 bridgehead atoms. The van der Waals surface area contributed by atoms with Crippen molar-refractivity contribution in [2.45, 2.75) is 46.1 Å². The van der Waals surface area contributed by atoms with Gasteiger partial charge in [-0.05, 0) is 39.5 Å². The molecule has 2 unspecified atom stereocenters. The van der Waals surface area contributed by atoms with Gasteiger partial charge in [-0.3, -0.25) is 9.59 Å². The molecule has 9 nitrogen and oxygen atoms in total. The Kier molecular flexibility index (Phi) is 7.64. The normalized spacial score (nSPS) is 20.7. The van der Waals surface area contributed by atoms with Gasteiger partial charge in [0.1, 0.15) is 18.8 Å². The van der Waals surface area contributed by atoms with Crippen LogP contribution in [0.5, 0.6) is 0 Å². The topological polar surface area (TPSA) is 102 Å². The monoisotopic (exact) mass is 410 g/mol. The molecule has 2 aliphatic rings. The van der Waals surface area contributed by atoms with Gasteiger partial charge in [-0.25, -0.2) is 14.5 Å². The van der Waals surface area contributed by atoms with Crippen LogP contribution >= 0.6 is 0 Å². The highest BCUT2D eigenvalue weighted by molar-refractivity contribution is 5.94. The predicted molar refractivity (Wildman–Crippen MR) is 103 cm³/mol. The molecular weight excluding hydrogens is 380 g/mol. The van der Waals surface area contributed by atoms with E-state index >= 15 is 0 Å². The van der Waals surface area contributed by atoms with E-state index in [1.807, 2.05) is 0 Å². The third kappa shape index (κ3) is 6.76. The maximum atomic E-state index is 13.0. The van der Waals surface area contributed by atoms with Crippen LogP contribution in [-0.2, 0) is 23.8 Å². The Morgan fingerprint density at radius 2 is 1.97 bits per heavy atom. The first kappa shape index (κ1) is 22.7. The van der Waals surface area contributed by atoms with Gasteiger partial charge in [-0.1, -0.05) is 12.2 Å². The molecule has 0 radical (unpaired) electrons. The lowest BCUT2D eigenvalue weighted by atomic mass is 9.87. The largest absolute Gasteiger partial charge is 0.462 e. The summed E-state index contributed by atoms with van der Waals surface area (Å²) < 4.78 is 15.2. The van der Waals surface area contributed by atoms with Crippen LogP contribution in [0.1, 0.15) is 40.5 Å². The minimum Gasteiger partial charge on any atom is -0.462 e. The van der Waals surface area contributed by atoms with Gasteiger partial charge in [0.25, 0.3) is 0 Å². The second-order valence-electron chi connectivity index (χ2n) is 8.20. The van der Waals surface area contributed by atoms with E-state index < -0.39 is 23.7 Å². The number of rotatable bonds is 6. The van der Waals surface area contributed by atoms with E-state index in [-0.39, 0.29) is 37.6 Å². The molecule has 2 rings (SSSR count). The van der Waals surface area contributed by atoms with E-state index in [0.29, 0.717) is 25.9 Å². The average molecular weight is 410 g/mol. The molecule has 3 amide bonds. The number of ether oxygens (including phenoxy) is 3. The van der Waals surface area contributed by atoms with Crippen molar-refractivity contribution in [1.29, 1.82) is 0 Å². The summed E-state index contributed by atoms with van der Waals surface area (Å²) in [5.74, 6) is -1.28. The summed E-state index contributed by atoms with van der Waals surface area (Å²) in [4.78, 5) is 50.7. The van der Waals surface area contributed by atoms with Crippen molar-refractivity contribution in [2.24, 2.45) is 11.8 Å². The summed E-state index contributed by atoms with van der Waals surface area (Å²) in [6.45, 7) is 8.14. The van der Waals surface area contributed by atoms with Gasteiger partial charge in [-0.15, -0.1) is 0 Å². The minimum absolute atomic E-state index is 0.109. The molecule has 2 aliphatic heterocycles. The molecule has 0 spiro atoms. The lowest BCUT2D eigenvalue weighted by Crippen LogP contribution is -2.41. The lowest BCUT2D eigenvalue weighted by Gasteiger charge is -2.26. The number of hydrogen-bond donors (Lipinski definition) is 0. The zero-order chi connectivity index (χ0) is 21.6. The van der Waals surface area contributed by atoms with Crippen molar-refractivity contribution in [3.8, 4) is 0 Å². The van der Waals surface area contributed by atoms with E-state index in [4.69, 9.17) is 14.2 Å². The van der Waals surface area contributed by atoms with Crippen LogP contribution < -0.4 is 0 Å². The lowest BCUT2D eigenvalue weighted by molar-refractivity contribution is -0.139. The molecule has 2 saturated heterocycles. The fraction of sp³-hybridized carbons (Fsp3) is 0.700. The number of allylic oxidation sites excluding steroid dienone is 1. The smallest absolute Gasteiger partial charge is 0.416 e. The molecule has 0 aromatic heterocycles. The first-order valence-corrected chi connectivity index (χ1v) is 9.83. The van der Waals surface area contributed by atoms with Gasteiger partial charge < -0.3 is 19.1 Å². The third-order valence-electron chi connectivity index (χ3n) is 4.73. The number of carbonyl (C=O) groups excluding carboxylic acids is 4. The molecule has 2 fully saturated rings. The van der Waals surface area contributed by atoms with Crippen molar-refractivity contribution in [1.82, 2.24) is 9.80 Å². The molecule has 0 aromatic carbocycles. The first-order chi connectivity index (χ1) is 13.6. The molecule has 0 aliphatic carbocycles. The Labute approximate surface area is 170 Å². The van der Waals surface area contributed by atoms with Crippen molar-refractivity contribution < 1.29 is 33.4 Å². The molecule has 9 heteroatoms. The summed E-state index contributed by atoms with van der Waals surface area (Å²) >= 11 is 0. The van der Waals surface area contributed by atoms with Crippen molar-refractivity contribution >= 4 is 24.1 Å². The Bertz CT molecular complexity index is 668. The van der Waals surface area contributed by atoms with E-state index in [1.165, 1.54) is 6.92 Å². The molecule has 0 saturated carbocycles. The zero-order valence-electron chi connectivity index (χ0n) is 17.5. The van der Waals surface area contributed by atoms with Gasteiger partial charge in [0, 0.05) is 25.9 Å². The fourth-order valence-corrected chi connectivity index (χ4v) is 3.37. The number of cyclic esters (lactones) is 1. The van der Waals surface area contributed by atoms with E-state index in [0.717, 1.165) is 4.90 Å². The SMILES string of the molecule is CC(=O)OC/C=C/CC(C(=O)N1CCOC1=O)C1CCN(C(=O)OC(C)(C)C)C1. The maximum Gasteiger partial charge on any atom is 0.416 e. The number of likely N-dealkylation sites (tertiary alicyclic amines) is 1. The van der Waals surface area contributed by atoms with Crippen LogP contribution in [0.2, 0.25) is 0 Å². The zero-order valence-corrected chi connectivity index (χ0v) is 17.5. The van der Waals surface area contributed by atoms with E-state index in [2.05, 4.69) is 0 Å². The Hall–Kier alpha value is -2.58. The van der Waals surface area contributed by atoms with Gasteiger partial charge in [0.05, 0.1) is 6.54 Å². The number of esters is 1. The minimum atomic E-state index is -0.633. The molecule has 0 aromatic rings. The highest BCUT2D eigenvalue weighted by atomic mass is 16.6. The molecule has 0 N–H and O–H groups in total. The number of hydrogen-bond acceptors (Lipinski definition) is 7. The summed E-state index contributed by atoms with van der Waals surface area (Å²) in [6, 6.07) is 0. The Morgan fingerprint density at radius 1 is 1.24 bits per heavy atom. The summed E-state index contributed by atoms with van der Waals surface area (Å²) in [5.41, 5.74) is -0.594. The quantitative estimate of drug-likeness (QED) is 0.376. The van der Waals surface area contributed by atoms with Gasteiger partial charge in [0.15, 0.2) is 0 Å². The van der Waals surface area contributed by atoms with Crippen LogP contribution in [0.15, 0.2) is 12.2 Å². The summed E-state index contributed by atoms with van der Waals surface area (Å²) in [5, 5.41) is 0. The predicted octanol–water partition coefficient (Wildman–Crippen LogP) is 2.35. The summed E-state index contributed by atoms with van der Waals surface area (Å²) in [7, 11) is 0. The third-order valence-corrected chi connectivity index (χ3v) is 4.73. The highest BCUT2D eigenvalue weighted by Gasteiger charge is 2.41. The van der Waals surface area contributed by atoms with Crippen LogP contribution in [0.3, 0.4) is 0 Å². The van der Waals surface area contributed by atoms with Crippen molar-refractivity contribution in [3.05, 3.63) is 12.2 Å². The van der Waals surface area contributed by atoms with Crippen LogP contribution in [0, 0.1) is 11.8 Å². The second kappa shape index (κ2) is 9.76.